The minimum atomic E-state index is 0.333. The topological polar surface area (TPSA) is 74.6 Å². The molecule has 0 aromatic heterocycles. The Morgan fingerprint density at radius 1 is 1.35 bits per heavy atom. The van der Waals surface area contributed by atoms with Crippen LogP contribution in [-0.2, 0) is 4.74 Å². The Bertz CT molecular complexity index is 415. The molecule has 23 heavy (non-hydrogen) atoms. The molecular formula is C17H35N5O. The average Bonchev–Trinajstić information content (AvgIpc) is 2.52. The van der Waals surface area contributed by atoms with Crippen molar-refractivity contribution in [1.82, 2.24) is 21.0 Å². The van der Waals surface area contributed by atoms with Gasteiger partial charge in [0.2, 0.25) is 5.88 Å². The van der Waals surface area contributed by atoms with E-state index < -0.39 is 0 Å². The zero-order valence-electron chi connectivity index (χ0n) is 15.6. The monoisotopic (exact) mass is 325 g/mol. The third-order valence-electron chi connectivity index (χ3n) is 3.33. The van der Waals surface area contributed by atoms with Crippen LogP contribution in [0.1, 0.15) is 40.5 Å². The second kappa shape index (κ2) is 11.8. The summed E-state index contributed by atoms with van der Waals surface area (Å²) < 4.78 is 5.43. The molecule has 0 aliphatic carbocycles. The molecule has 5 N–H and O–H groups in total. The zero-order valence-corrected chi connectivity index (χ0v) is 15.6. The summed E-state index contributed by atoms with van der Waals surface area (Å²) in [5.74, 6) is 8.14. The maximum absolute atomic E-state index is 6.33. The van der Waals surface area contributed by atoms with Gasteiger partial charge in [-0.1, -0.05) is 33.8 Å². The van der Waals surface area contributed by atoms with Gasteiger partial charge in [0.1, 0.15) is 5.82 Å². The Kier molecular flexibility index (Phi) is 11.0. The summed E-state index contributed by atoms with van der Waals surface area (Å²) in [7, 11) is 3.50. The van der Waals surface area contributed by atoms with Crippen LogP contribution in [0.4, 0.5) is 0 Å². The van der Waals surface area contributed by atoms with E-state index in [0.29, 0.717) is 18.3 Å². The summed E-state index contributed by atoms with van der Waals surface area (Å²) >= 11 is 0. The maximum atomic E-state index is 6.33. The van der Waals surface area contributed by atoms with Crippen LogP contribution >= 0.6 is 0 Å². The predicted octanol–water partition coefficient (Wildman–Crippen LogP) is 2.21. The first kappa shape index (κ1) is 21.3. The number of nitrogens with zero attached hydrogens (tertiary/aromatic N) is 1. The lowest BCUT2D eigenvalue weighted by Gasteiger charge is -2.28. The van der Waals surface area contributed by atoms with Crippen molar-refractivity contribution >= 4 is 0 Å². The lowest BCUT2D eigenvalue weighted by molar-refractivity contribution is 0.173. The molecule has 0 aliphatic rings. The van der Waals surface area contributed by atoms with Gasteiger partial charge in [0, 0.05) is 18.8 Å². The average molecular weight is 326 g/mol. The number of ether oxygens (including phenoxy) is 1. The van der Waals surface area contributed by atoms with Crippen molar-refractivity contribution in [1.29, 1.82) is 0 Å². The van der Waals surface area contributed by atoms with E-state index in [2.05, 4.69) is 50.2 Å². The number of rotatable bonds is 12. The molecule has 0 fully saturated rings. The number of hydrogen-bond donors (Lipinski definition) is 4. The molecule has 0 aliphatic heterocycles. The molecule has 0 bridgehead atoms. The summed E-state index contributed by atoms with van der Waals surface area (Å²) in [6.07, 6.45) is 3.70. The standard InChI is InChI=1S/C17H35N5O/c1-8-10-15(22(18)16(23-7)11-12-19-6)17(20-9-2)21-14(5)13(3)4/h11,13,19-21H,5,8-10,12,18H2,1-4,6-7H3/b16-11-,17-15+. The number of allylic oxidation sites excluding steroid dienone is 2. The van der Waals surface area contributed by atoms with Gasteiger partial charge in [-0.25, -0.2) is 10.9 Å². The summed E-state index contributed by atoms with van der Waals surface area (Å²) in [5, 5.41) is 11.4. The highest BCUT2D eigenvalue weighted by Gasteiger charge is 2.17. The van der Waals surface area contributed by atoms with E-state index in [0.717, 1.165) is 36.6 Å². The molecule has 0 aromatic rings. The Morgan fingerprint density at radius 2 is 2.00 bits per heavy atom. The molecule has 0 atom stereocenters. The van der Waals surface area contributed by atoms with Gasteiger partial charge in [0.25, 0.3) is 0 Å². The van der Waals surface area contributed by atoms with E-state index in [-0.39, 0.29) is 0 Å². The Hall–Kier alpha value is -1.66. The predicted molar refractivity (Wildman–Crippen MR) is 97.8 cm³/mol. The fraction of sp³-hybridized carbons (Fsp3) is 0.647. The van der Waals surface area contributed by atoms with E-state index in [1.165, 1.54) is 0 Å². The Balaban J connectivity index is 5.64. The molecule has 0 spiro atoms. The highest BCUT2D eigenvalue weighted by molar-refractivity contribution is 5.18. The molecule has 0 radical (unpaired) electrons. The maximum Gasteiger partial charge on any atom is 0.205 e. The zero-order chi connectivity index (χ0) is 17.8. The molecular weight excluding hydrogens is 290 g/mol. The van der Waals surface area contributed by atoms with Crippen LogP contribution in [-0.4, -0.2) is 32.3 Å². The lowest BCUT2D eigenvalue weighted by atomic mass is 10.1. The summed E-state index contributed by atoms with van der Waals surface area (Å²) in [4.78, 5) is 0. The molecule has 0 amide bonds. The molecule has 0 saturated heterocycles. The number of methoxy groups -OCH3 is 1. The second-order valence-electron chi connectivity index (χ2n) is 5.58. The highest BCUT2D eigenvalue weighted by Crippen LogP contribution is 2.18. The van der Waals surface area contributed by atoms with Crippen LogP contribution in [0.25, 0.3) is 0 Å². The summed E-state index contributed by atoms with van der Waals surface area (Å²) in [6, 6.07) is 0. The van der Waals surface area contributed by atoms with Crippen LogP contribution in [0.5, 0.6) is 0 Å². The van der Waals surface area contributed by atoms with Crippen LogP contribution in [0, 0.1) is 5.92 Å². The van der Waals surface area contributed by atoms with Crippen LogP contribution in [0.15, 0.2) is 35.8 Å². The van der Waals surface area contributed by atoms with Gasteiger partial charge in [-0.2, -0.15) is 0 Å². The second-order valence-corrected chi connectivity index (χ2v) is 5.58. The van der Waals surface area contributed by atoms with Crippen LogP contribution in [0.3, 0.4) is 0 Å². The molecule has 0 unspecified atom stereocenters. The van der Waals surface area contributed by atoms with Gasteiger partial charge in [-0.15, -0.1) is 0 Å². The SMILES string of the molecule is C=C(N/C(NCC)=C(\CCC)N(N)/C(=C/CNC)OC)C(C)C. The van der Waals surface area contributed by atoms with Crippen molar-refractivity contribution in [3.8, 4) is 0 Å². The molecule has 0 rings (SSSR count). The fourth-order valence-electron chi connectivity index (χ4n) is 1.91. The van der Waals surface area contributed by atoms with Gasteiger partial charge in [-0.3, -0.25) is 0 Å². The van der Waals surface area contributed by atoms with Crippen molar-refractivity contribution < 1.29 is 4.74 Å². The molecule has 0 heterocycles. The van der Waals surface area contributed by atoms with Gasteiger partial charge in [0.15, 0.2) is 0 Å². The number of hydrazine groups is 1. The highest BCUT2D eigenvalue weighted by atomic mass is 16.5. The van der Waals surface area contributed by atoms with Crippen LogP contribution in [0.2, 0.25) is 0 Å². The van der Waals surface area contributed by atoms with E-state index in [1.807, 2.05) is 13.1 Å². The number of likely N-dealkylation sites (N-methyl/N-ethyl adjacent to an activating group) is 1. The number of hydrogen-bond acceptors (Lipinski definition) is 6. The van der Waals surface area contributed by atoms with Gasteiger partial charge in [0.05, 0.1) is 12.8 Å². The largest absolute Gasteiger partial charge is 0.481 e. The van der Waals surface area contributed by atoms with Gasteiger partial charge < -0.3 is 20.7 Å². The third-order valence-corrected chi connectivity index (χ3v) is 3.33. The smallest absolute Gasteiger partial charge is 0.205 e. The fourth-order valence-corrected chi connectivity index (χ4v) is 1.91. The minimum absolute atomic E-state index is 0.333. The Labute approximate surface area is 141 Å². The van der Waals surface area contributed by atoms with E-state index in [4.69, 9.17) is 10.6 Å². The van der Waals surface area contributed by atoms with Crippen LogP contribution < -0.4 is 21.8 Å². The normalized spacial score (nSPS) is 12.8. The van der Waals surface area contributed by atoms with Crippen molar-refractivity contribution in [2.75, 3.05) is 27.2 Å². The quantitative estimate of drug-likeness (QED) is 0.250. The van der Waals surface area contributed by atoms with Crippen molar-refractivity contribution in [3.63, 3.8) is 0 Å². The molecule has 134 valence electrons. The number of nitrogens with one attached hydrogen (secondary N) is 3. The first-order chi connectivity index (χ1) is 10.9. The van der Waals surface area contributed by atoms with Crippen molar-refractivity contribution in [3.05, 3.63) is 35.8 Å². The molecule has 0 saturated carbocycles. The first-order valence-electron chi connectivity index (χ1n) is 8.29. The first-order valence-corrected chi connectivity index (χ1v) is 8.29. The molecule has 6 nitrogen and oxygen atoms in total. The van der Waals surface area contributed by atoms with Gasteiger partial charge in [-0.05, 0) is 32.4 Å². The van der Waals surface area contributed by atoms with Gasteiger partial charge >= 0.3 is 0 Å². The number of nitrogens with two attached hydrogens (primary N) is 1. The summed E-state index contributed by atoms with van der Waals surface area (Å²) in [6.45, 7) is 13.9. The van der Waals surface area contributed by atoms with E-state index in [9.17, 15) is 0 Å². The molecule has 6 heteroatoms. The minimum Gasteiger partial charge on any atom is -0.481 e. The van der Waals surface area contributed by atoms with E-state index in [1.54, 1.807) is 12.1 Å². The summed E-state index contributed by atoms with van der Waals surface area (Å²) in [5.41, 5.74) is 1.89. The third kappa shape index (κ3) is 7.43. The van der Waals surface area contributed by atoms with Crippen molar-refractivity contribution in [2.45, 2.75) is 40.5 Å². The van der Waals surface area contributed by atoms with E-state index >= 15 is 0 Å². The Morgan fingerprint density at radius 3 is 2.43 bits per heavy atom. The van der Waals surface area contributed by atoms with Crippen molar-refractivity contribution in [2.24, 2.45) is 11.8 Å². The lowest BCUT2D eigenvalue weighted by Crippen LogP contribution is -2.38. The molecule has 0 aromatic carbocycles.